The Labute approximate surface area is 137 Å². The van der Waals surface area contributed by atoms with Gasteiger partial charge in [0.25, 0.3) is 0 Å². The van der Waals surface area contributed by atoms with E-state index in [1.54, 1.807) is 19.9 Å². The Balaban J connectivity index is 2.87. The molecule has 0 fully saturated rings. The highest BCUT2D eigenvalue weighted by Crippen LogP contribution is 2.27. The van der Waals surface area contributed by atoms with Crippen LogP contribution in [0.5, 0.6) is 0 Å². The summed E-state index contributed by atoms with van der Waals surface area (Å²) in [4.78, 5) is 22.8. The third-order valence-electron chi connectivity index (χ3n) is 3.66. The van der Waals surface area contributed by atoms with Gasteiger partial charge in [0.1, 0.15) is 6.10 Å². The molecular weight excluding hydrogens is 296 g/mol. The number of ether oxygens (including phenoxy) is 2. The third kappa shape index (κ3) is 5.93. The van der Waals surface area contributed by atoms with E-state index < -0.39 is 12.1 Å². The Hall–Kier alpha value is -2.04. The Morgan fingerprint density at radius 3 is 2.48 bits per heavy atom. The highest BCUT2D eigenvalue weighted by molar-refractivity contribution is 5.89. The molecule has 0 aliphatic carbocycles. The van der Waals surface area contributed by atoms with Crippen LogP contribution >= 0.6 is 0 Å². The molecule has 1 N–H and O–H groups in total. The molecule has 1 aromatic carbocycles. The van der Waals surface area contributed by atoms with Gasteiger partial charge >= 0.3 is 12.1 Å². The number of rotatable bonds is 8. The minimum Gasteiger partial charge on any atom is -0.478 e. The number of aryl methyl sites for hydroxylation is 1. The van der Waals surface area contributed by atoms with E-state index in [0.717, 1.165) is 24.0 Å². The summed E-state index contributed by atoms with van der Waals surface area (Å²) in [6, 6.07) is 5.48. The Kier molecular flexibility index (Phi) is 7.59. The highest BCUT2D eigenvalue weighted by Gasteiger charge is 2.20. The SMILES string of the molecule is CCCc1ccc(C(=O)O)c(C(C)CC(C)OC(=O)OCC)c1. The highest BCUT2D eigenvalue weighted by atomic mass is 16.7. The first-order valence-electron chi connectivity index (χ1n) is 8.08. The maximum absolute atomic E-state index is 11.4. The summed E-state index contributed by atoms with van der Waals surface area (Å²) in [5.74, 6) is -0.976. The van der Waals surface area contributed by atoms with Gasteiger partial charge in [0, 0.05) is 0 Å². The van der Waals surface area contributed by atoms with Crippen LogP contribution in [0.4, 0.5) is 4.79 Å². The second-order valence-electron chi connectivity index (χ2n) is 5.72. The maximum atomic E-state index is 11.4. The van der Waals surface area contributed by atoms with Gasteiger partial charge in [-0.1, -0.05) is 32.4 Å². The number of hydrogen-bond acceptors (Lipinski definition) is 4. The molecule has 0 saturated carbocycles. The van der Waals surface area contributed by atoms with Crippen LogP contribution in [0.3, 0.4) is 0 Å². The quantitative estimate of drug-likeness (QED) is 0.718. The lowest BCUT2D eigenvalue weighted by Crippen LogP contribution is -2.19. The second-order valence-corrected chi connectivity index (χ2v) is 5.72. The van der Waals surface area contributed by atoms with E-state index in [4.69, 9.17) is 9.47 Å². The molecule has 5 nitrogen and oxygen atoms in total. The summed E-state index contributed by atoms with van der Waals surface area (Å²) < 4.78 is 9.91. The smallest absolute Gasteiger partial charge is 0.478 e. The van der Waals surface area contributed by atoms with Crippen molar-refractivity contribution in [3.05, 3.63) is 34.9 Å². The molecule has 2 unspecified atom stereocenters. The van der Waals surface area contributed by atoms with Crippen LogP contribution in [0, 0.1) is 0 Å². The van der Waals surface area contributed by atoms with Crippen LogP contribution in [-0.2, 0) is 15.9 Å². The number of carbonyl (C=O) groups excluding carboxylic acids is 1. The van der Waals surface area contributed by atoms with Crippen molar-refractivity contribution in [1.29, 1.82) is 0 Å². The van der Waals surface area contributed by atoms with Gasteiger partial charge in [0.15, 0.2) is 0 Å². The largest absolute Gasteiger partial charge is 0.508 e. The molecule has 1 aromatic rings. The minimum absolute atomic E-state index is 0.0395. The zero-order valence-corrected chi connectivity index (χ0v) is 14.3. The van der Waals surface area contributed by atoms with E-state index in [1.165, 1.54) is 0 Å². The molecule has 0 aromatic heterocycles. The standard InChI is InChI=1S/C18H26O5/c1-5-7-14-8-9-15(17(19)20)16(11-14)12(3)10-13(4)23-18(21)22-6-2/h8-9,11-13H,5-7,10H2,1-4H3,(H,19,20). The molecule has 23 heavy (non-hydrogen) atoms. The van der Waals surface area contributed by atoms with Gasteiger partial charge in [-0.2, -0.15) is 0 Å². The minimum atomic E-state index is -0.936. The Morgan fingerprint density at radius 1 is 1.22 bits per heavy atom. The summed E-state index contributed by atoms with van der Waals surface area (Å²) in [7, 11) is 0. The zero-order chi connectivity index (χ0) is 17.4. The van der Waals surface area contributed by atoms with Crippen LogP contribution in [0.2, 0.25) is 0 Å². The second kappa shape index (κ2) is 9.18. The molecule has 2 atom stereocenters. The topological polar surface area (TPSA) is 72.8 Å². The van der Waals surface area contributed by atoms with Gasteiger partial charge in [-0.3, -0.25) is 0 Å². The van der Waals surface area contributed by atoms with Gasteiger partial charge < -0.3 is 14.6 Å². The lowest BCUT2D eigenvalue weighted by molar-refractivity contribution is 0.0278. The van der Waals surface area contributed by atoms with Gasteiger partial charge in [-0.15, -0.1) is 0 Å². The average molecular weight is 322 g/mol. The summed E-state index contributed by atoms with van der Waals surface area (Å²) in [5, 5.41) is 9.38. The summed E-state index contributed by atoms with van der Waals surface area (Å²) in [5.41, 5.74) is 2.21. The molecule has 0 spiro atoms. The van der Waals surface area contributed by atoms with Crippen molar-refractivity contribution >= 4 is 12.1 Å². The molecule has 0 bridgehead atoms. The molecule has 0 saturated heterocycles. The first-order chi connectivity index (χ1) is 10.9. The van der Waals surface area contributed by atoms with E-state index in [9.17, 15) is 14.7 Å². The van der Waals surface area contributed by atoms with Crippen molar-refractivity contribution in [3.8, 4) is 0 Å². The third-order valence-corrected chi connectivity index (χ3v) is 3.66. The molecular formula is C18H26O5. The first-order valence-corrected chi connectivity index (χ1v) is 8.08. The number of carbonyl (C=O) groups is 2. The maximum Gasteiger partial charge on any atom is 0.508 e. The van der Waals surface area contributed by atoms with Gasteiger partial charge in [0.05, 0.1) is 12.2 Å². The number of aromatic carboxylic acids is 1. The molecule has 0 aliphatic heterocycles. The van der Waals surface area contributed by atoms with Crippen molar-refractivity contribution in [1.82, 2.24) is 0 Å². The fourth-order valence-corrected chi connectivity index (χ4v) is 2.65. The Morgan fingerprint density at radius 2 is 1.91 bits per heavy atom. The normalized spacial score (nSPS) is 13.2. The summed E-state index contributed by atoms with van der Waals surface area (Å²) in [6.07, 6.45) is 1.41. The summed E-state index contributed by atoms with van der Waals surface area (Å²) >= 11 is 0. The van der Waals surface area contributed by atoms with Crippen molar-refractivity contribution in [2.75, 3.05) is 6.61 Å². The number of benzene rings is 1. The fourth-order valence-electron chi connectivity index (χ4n) is 2.65. The average Bonchev–Trinajstić information content (AvgIpc) is 2.47. The van der Waals surface area contributed by atoms with E-state index in [2.05, 4.69) is 6.92 Å². The van der Waals surface area contributed by atoms with Crippen molar-refractivity contribution < 1.29 is 24.2 Å². The van der Waals surface area contributed by atoms with Crippen molar-refractivity contribution in [2.24, 2.45) is 0 Å². The summed E-state index contributed by atoms with van der Waals surface area (Å²) in [6.45, 7) is 7.80. The monoisotopic (exact) mass is 322 g/mol. The molecule has 0 amide bonds. The van der Waals surface area contributed by atoms with Crippen LogP contribution in [0.1, 0.15) is 67.9 Å². The van der Waals surface area contributed by atoms with Crippen molar-refractivity contribution in [3.63, 3.8) is 0 Å². The van der Waals surface area contributed by atoms with Crippen LogP contribution < -0.4 is 0 Å². The molecule has 0 radical (unpaired) electrons. The lowest BCUT2D eigenvalue weighted by Gasteiger charge is -2.20. The van der Waals surface area contributed by atoms with Gasteiger partial charge in [-0.05, 0) is 49.8 Å². The lowest BCUT2D eigenvalue weighted by atomic mass is 9.89. The molecule has 0 aliphatic rings. The van der Waals surface area contributed by atoms with Gasteiger partial charge in [-0.25, -0.2) is 9.59 Å². The molecule has 5 heteroatoms. The van der Waals surface area contributed by atoms with Crippen molar-refractivity contribution in [2.45, 2.75) is 59.0 Å². The molecule has 128 valence electrons. The van der Waals surface area contributed by atoms with E-state index in [0.29, 0.717) is 12.0 Å². The number of hydrogen-bond donors (Lipinski definition) is 1. The zero-order valence-electron chi connectivity index (χ0n) is 14.3. The van der Waals surface area contributed by atoms with E-state index in [-0.39, 0.29) is 18.6 Å². The van der Waals surface area contributed by atoms with Crippen LogP contribution in [0.15, 0.2) is 18.2 Å². The van der Waals surface area contributed by atoms with E-state index >= 15 is 0 Å². The predicted octanol–water partition coefficient (Wildman–Crippen LogP) is 4.39. The first kappa shape index (κ1) is 19.0. The van der Waals surface area contributed by atoms with Crippen LogP contribution in [0.25, 0.3) is 0 Å². The Bertz CT molecular complexity index is 538. The van der Waals surface area contributed by atoms with E-state index in [1.807, 2.05) is 19.1 Å². The number of carboxylic acid groups (broad SMARTS) is 1. The molecule has 1 rings (SSSR count). The van der Waals surface area contributed by atoms with Gasteiger partial charge in [0.2, 0.25) is 0 Å². The molecule has 0 heterocycles. The fraction of sp³-hybridized carbons (Fsp3) is 0.556. The predicted molar refractivity (Wildman–Crippen MR) is 88.0 cm³/mol. The van der Waals surface area contributed by atoms with Crippen LogP contribution in [-0.4, -0.2) is 29.9 Å². The number of carboxylic acids is 1.